The van der Waals surface area contributed by atoms with E-state index in [0.717, 1.165) is 36.8 Å². The Morgan fingerprint density at radius 3 is 2.59 bits per heavy atom. The van der Waals surface area contributed by atoms with Crippen LogP contribution in [-0.2, 0) is 13.2 Å². The van der Waals surface area contributed by atoms with Gasteiger partial charge in [-0.3, -0.25) is 15.0 Å². The van der Waals surface area contributed by atoms with E-state index in [0.29, 0.717) is 34.6 Å². The Bertz CT molecular complexity index is 1080. The Balaban J connectivity index is 1.44. The molecule has 180 valence electrons. The van der Waals surface area contributed by atoms with Crippen molar-refractivity contribution in [1.82, 2.24) is 9.88 Å². The Hall–Kier alpha value is -3.10. The molecule has 34 heavy (non-hydrogen) atoms. The van der Waals surface area contributed by atoms with E-state index in [9.17, 15) is 4.79 Å². The maximum absolute atomic E-state index is 13.0. The summed E-state index contributed by atoms with van der Waals surface area (Å²) in [6.45, 7) is 5.65. The lowest BCUT2D eigenvalue weighted by Crippen LogP contribution is -2.33. The molecule has 0 radical (unpaired) electrons. The van der Waals surface area contributed by atoms with Crippen molar-refractivity contribution in [3.63, 3.8) is 0 Å². The van der Waals surface area contributed by atoms with Gasteiger partial charge in [0.05, 0.1) is 19.9 Å². The number of thiazole rings is 1. The molecule has 0 bridgehead atoms. The first-order chi connectivity index (χ1) is 16.6. The summed E-state index contributed by atoms with van der Waals surface area (Å²) in [6, 6.07) is 13.1. The standard InChI is InChI=1S/C26H31N3O4S/c1-18-8-7-11-29(14-18)15-21-17-34-26(27-21)28-25(30)20-12-22(31-2)24(23(13-20)32-3)33-16-19-9-5-4-6-10-19/h4-6,9-10,12-13,17-18H,7-8,11,14-16H2,1-3H3,(H,27,28,30). The molecular weight excluding hydrogens is 450 g/mol. The molecule has 1 N–H and O–H groups in total. The predicted molar refractivity (Wildman–Crippen MR) is 134 cm³/mol. The maximum Gasteiger partial charge on any atom is 0.257 e. The molecular formula is C26H31N3O4S. The molecule has 0 spiro atoms. The van der Waals surface area contributed by atoms with Crippen LogP contribution >= 0.6 is 11.3 Å². The monoisotopic (exact) mass is 481 g/mol. The number of nitrogens with one attached hydrogen (secondary N) is 1. The number of amides is 1. The van der Waals surface area contributed by atoms with Gasteiger partial charge in [-0.25, -0.2) is 4.98 Å². The van der Waals surface area contributed by atoms with Gasteiger partial charge in [-0.1, -0.05) is 37.3 Å². The molecule has 0 aliphatic carbocycles. The number of carbonyl (C=O) groups is 1. The summed E-state index contributed by atoms with van der Waals surface area (Å²) in [6.07, 6.45) is 2.52. The fourth-order valence-electron chi connectivity index (χ4n) is 4.15. The molecule has 1 aliphatic rings. The molecule has 3 aromatic rings. The summed E-state index contributed by atoms with van der Waals surface area (Å²) in [7, 11) is 3.08. The average Bonchev–Trinajstić information content (AvgIpc) is 3.29. The summed E-state index contributed by atoms with van der Waals surface area (Å²) in [4.78, 5) is 20.0. The highest BCUT2D eigenvalue weighted by atomic mass is 32.1. The second-order valence-corrected chi connectivity index (χ2v) is 9.42. The normalized spacial score (nSPS) is 16.1. The second kappa shape index (κ2) is 11.4. The zero-order valence-electron chi connectivity index (χ0n) is 19.9. The Kier molecular flexibility index (Phi) is 8.03. The number of aromatic nitrogens is 1. The fourth-order valence-corrected chi connectivity index (χ4v) is 4.85. The first-order valence-corrected chi connectivity index (χ1v) is 12.3. The van der Waals surface area contributed by atoms with E-state index in [2.05, 4.69) is 22.1 Å². The molecule has 8 heteroatoms. The van der Waals surface area contributed by atoms with Gasteiger partial charge in [0.2, 0.25) is 5.75 Å². The van der Waals surface area contributed by atoms with E-state index in [1.165, 1.54) is 24.2 Å². The van der Waals surface area contributed by atoms with Gasteiger partial charge in [0.25, 0.3) is 5.91 Å². The first-order valence-electron chi connectivity index (χ1n) is 11.5. The third-order valence-electron chi connectivity index (χ3n) is 5.85. The van der Waals surface area contributed by atoms with Crippen LogP contribution in [-0.4, -0.2) is 43.1 Å². The highest BCUT2D eigenvalue weighted by Crippen LogP contribution is 2.39. The SMILES string of the molecule is COc1cc(C(=O)Nc2nc(CN3CCCC(C)C3)cs2)cc(OC)c1OCc1ccccc1. The van der Waals surface area contributed by atoms with Crippen molar-refractivity contribution < 1.29 is 19.0 Å². The lowest BCUT2D eigenvalue weighted by atomic mass is 10.0. The highest BCUT2D eigenvalue weighted by molar-refractivity contribution is 7.14. The van der Waals surface area contributed by atoms with E-state index in [1.807, 2.05) is 35.7 Å². The van der Waals surface area contributed by atoms with Crippen LogP contribution in [0, 0.1) is 5.92 Å². The van der Waals surface area contributed by atoms with Crippen LogP contribution < -0.4 is 19.5 Å². The number of rotatable bonds is 9. The summed E-state index contributed by atoms with van der Waals surface area (Å²) < 4.78 is 17.0. The Morgan fingerprint density at radius 1 is 1.18 bits per heavy atom. The number of hydrogen-bond donors (Lipinski definition) is 1. The number of ether oxygens (including phenoxy) is 3. The van der Waals surface area contributed by atoms with Gasteiger partial charge in [-0.2, -0.15) is 0 Å². The minimum atomic E-state index is -0.279. The lowest BCUT2D eigenvalue weighted by molar-refractivity contribution is 0.102. The number of nitrogens with zero attached hydrogens (tertiary/aromatic N) is 2. The predicted octanol–water partition coefficient (Wildman–Crippen LogP) is 5.22. The maximum atomic E-state index is 13.0. The van der Waals surface area contributed by atoms with Crippen LogP contribution in [0.2, 0.25) is 0 Å². The lowest BCUT2D eigenvalue weighted by Gasteiger charge is -2.30. The van der Waals surface area contributed by atoms with Crippen LogP contribution in [0.15, 0.2) is 47.8 Å². The van der Waals surface area contributed by atoms with Crippen LogP contribution in [0.3, 0.4) is 0 Å². The van der Waals surface area contributed by atoms with E-state index in [1.54, 1.807) is 26.4 Å². The summed E-state index contributed by atoms with van der Waals surface area (Å²) in [5, 5.41) is 5.49. The molecule has 1 saturated heterocycles. The number of carbonyl (C=O) groups excluding carboxylic acids is 1. The van der Waals surface area contributed by atoms with Gasteiger partial charge < -0.3 is 14.2 Å². The largest absolute Gasteiger partial charge is 0.493 e. The number of hydrogen-bond acceptors (Lipinski definition) is 7. The molecule has 1 fully saturated rings. The Morgan fingerprint density at radius 2 is 1.91 bits per heavy atom. The van der Waals surface area contributed by atoms with Crippen molar-refractivity contribution in [1.29, 1.82) is 0 Å². The highest BCUT2D eigenvalue weighted by Gasteiger charge is 2.20. The molecule has 2 heterocycles. The quantitative estimate of drug-likeness (QED) is 0.452. The van der Waals surface area contributed by atoms with Crippen molar-refractivity contribution in [3.8, 4) is 17.2 Å². The fraction of sp³-hybridized carbons (Fsp3) is 0.385. The number of benzene rings is 2. The third kappa shape index (κ3) is 6.07. The van der Waals surface area contributed by atoms with Crippen LogP contribution in [0.4, 0.5) is 5.13 Å². The summed E-state index contributed by atoms with van der Waals surface area (Å²) in [5.41, 5.74) is 2.41. The molecule has 1 atom stereocenters. The molecule has 1 aliphatic heterocycles. The van der Waals surface area contributed by atoms with Crippen molar-refractivity contribution >= 4 is 22.4 Å². The van der Waals surface area contributed by atoms with Crippen molar-refractivity contribution in [2.75, 3.05) is 32.6 Å². The van der Waals surface area contributed by atoms with Crippen LogP contribution in [0.25, 0.3) is 0 Å². The smallest absolute Gasteiger partial charge is 0.257 e. The summed E-state index contributed by atoms with van der Waals surface area (Å²) >= 11 is 1.43. The molecule has 1 unspecified atom stereocenters. The van der Waals surface area contributed by atoms with E-state index >= 15 is 0 Å². The summed E-state index contributed by atoms with van der Waals surface area (Å²) in [5.74, 6) is 1.76. The Labute approximate surface area is 204 Å². The van der Waals surface area contributed by atoms with Crippen LogP contribution in [0.5, 0.6) is 17.2 Å². The molecule has 0 saturated carbocycles. The van der Waals surface area contributed by atoms with Crippen molar-refractivity contribution in [2.45, 2.75) is 32.9 Å². The van der Waals surface area contributed by atoms with E-state index in [4.69, 9.17) is 14.2 Å². The minimum absolute atomic E-state index is 0.279. The number of methoxy groups -OCH3 is 2. The zero-order chi connectivity index (χ0) is 23.9. The second-order valence-electron chi connectivity index (χ2n) is 8.56. The van der Waals surface area contributed by atoms with Gasteiger partial charge in [0.15, 0.2) is 16.6 Å². The van der Waals surface area contributed by atoms with Crippen molar-refractivity contribution in [3.05, 3.63) is 64.7 Å². The van der Waals surface area contributed by atoms with E-state index in [-0.39, 0.29) is 5.91 Å². The van der Waals surface area contributed by atoms with Gasteiger partial charge in [0.1, 0.15) is 6.61 Å². The van der Waals surface area contributed by atoms with Gasteiger partial charge in [-0.05, 0) is 43.0 Å². The van der Waals surface area contributed by atoms with Crippen LogP contribution in [0.1, 0.15) is 41.4 Å². The van der Waals surface area contributed by atoms with Gasteiger partial charge >= 0.3 is 0 Å². The average molecular weight is 482 g/mol. The minimum Gasteiger partial charge on any atom is -0.493 e. The first kappa shape index (κ1) is 24.0. The van der Waals surface area contributed by atoms with E-state index < -0.39 is 0 Å². The molecule has 2 aromatic carbocycles. The number of anilines is 1. The molecule has 1 aromatic heterocycles. The number of likely N-dealkylation sites (tertiary alicyclic amines) is 1. The topological polar surface area (TPSA) is 72.9 Å². The number of piperidine rings is 1. The van der Waals surface area contributed by atoms with Gasteiger partial charge in [-0.15, -0.1) is 11.3 Å². The van der Waals surface area contributed by atoms with Crippen molar-refractivity contribution in [2.24, 2.45) is 5.92 Å². The third-order valence-corrected chi connectivity index (χ3v) is 6.65. The molecule has 4 rings (SSSR count). The molecule has 1 amide bonds. The van der Waals surface area contributed by atoms with Gasteiger partial charge in [0, 0.05) is 24.0 Å². The zero-order valence-corrected chi connectivity index (χ0v) is 20.7. The molecule has 7 nitrogen and oxygen atoms in total.